The van der Waals surface area contributed by atoms with Crippen molar-refractivity contribution in [2.45, 2.75) is 24.8 Å². The first-order valence-electron chi connectivity index (χ1n) is 5.44. The maximum Gasteiger partial charge on any atom is 0.243 e. The van der Waals surface area contributed by atoms with Crippen LogP contribution in [0.15, 0.2) is 23.1 Å². The van der Waals surface area contributed by atoms with Gasteiger partial charge in [-0.25, -0.2) is 8.42 Å². The molecule has 0 aliphatic carbocycles. The molecule has 0 radical (unpaired) electrons. The molecule has 6 heteroatoms. The van der Waals surface area contributed by atoms with Gasteiger partial charge in [0.2, 0.25) is 10.0 Å². The molecule has 0 heterocycles. The molecule has 0 bridgehead atoms. The van der Waals surface area contributed by atoms with Crippen LogP contribution < -0.4 is 0 Å². The Hall–Kier alpha value is -1.42. The quantitative estimate of drug-likeness (QED) is 0.878. The average Bonchev–Trinajstić information content (AvgIpc) is 2.36. The van der Waals surface area contributed by atoms with Crippen molar-refractivity contribution < 1.29 is 13.5 Å². The summed E-state index contributed by atoms with van der Waals surface area (Å²) >= 11 is 0. The summed E-state index contributed by atoms with van der Waals surface area (Å²) in [7, 11) is -2.21. The Morgan fingerprint density at radius 1 is 1.50 bits per heavy atom. The van der Waals surface area contributed by atoms with Crippen LogP contribution in [0.25, 0.3) is 0 Å². The zero-order valence-corrected chi connectivity index (χ0v) is 11.4. The van der Waals surface area contributed by atoms with Crippen molar-refractivity contribution in [3.63, 3.8) is 0 Å². The zero-order valence-electron chi connectivity index (χ0n) is 10.6. The Labute approximate surface area is 107 Å². The predicted molar refractivity (Wildman–Crippen MR) is 67.4 cm³/mol. The number of aliphatic hydroxyl groups is 1. The van der Waals surface area contributed by atoms with Crippen molar-refractivity contribution in [1.29, 1.82) is 5.26 Å². The number of hydrogen-bond acceptors (Lipinski definition) is 4. The second-order valence-corrected chi connectivity index (χ2v) is 6.14. The Kier molecular flexibility index (Phi) is 4.46. The van der Waals surface area contributed by atoms with Crippen LogP contribution in [-0.4, -0.2) is 37.5 Å². The van der Waals surface area contributed by atoms with Crippen LogP contribution in [-0.2, 0) is 10.0 Å². The molecule has 1 aromatic carbocycles. The molecule has 1 rings (SSSR count). The van der Waals surface area contributed by atoms with E-state index in [1.165, 1.54) is 25.2 Å². The van der Waals surface area contributed by atoms with Gasteiger partial charge in [-0.05, 0) is 37.6 Å². The van der Waals surface area contributed by atoms with E-state index in [1.807, 2.05) is 6.07 Å². The number of nitriles is 1. The minimum atomic E-state index is -3.63. The summed E-state index contributed by atoms with van der Waals surface area (Å²) in [4.78, 5) is 0.127. The lowest BCUT2D eigenvalue weighted by atomic mass is 10.1. The van der Waals surface area contributed by atoms with Gasteiger partial charge in [0.15, 0.2) is 0 Å². The minimum absolute atomic E-state index is 0.127. The molecule has 1 aromatic rings. The van der Waals surface area contributed by atoms with Gasteiger partial charge >= 0.3 is 0 Å². The van der Waals surface area contributed by atoms with E-state index in [-0.39, 0.29) is 11.5 Å². The number of aliphatic hydroxyl groups excluding tert-OH is 1. The molecule has 0 aliphatic rings. The van der Waals surface area contributed by atoms with Gasteiger partial charge in [-0.1, -0.05) is 0 Å². The Morgan fingerprint density at radius 2 is 2.11 bits per heavy atom. The molecular weight excluding hydrogens is 252 g/mol. The van der Waals surface area contributed by atoms with Crippen molar-refractivity contribution in [1.82, 2.24) is 4.31 Å². The number of rotatable bonds is 4. The molecule has 1 atom stereocenters. The fraction of sp³-hybridized carbons (Fsp3) is 0.417. The maximum absolute atomic E-state index is 12.2. The third kappa shape index (κ3) is 2.70. The first-order chi connectivity index (χ1) is 8.34. The highest BCUT2D eigenvalue weighted by Gasteiger charge is 2.25. The highest BCUT2D eigenvalue weighted by molar-refractivity contribution is 7.89. The molecule has 0 aromatic heterocycles. The third-order valence-electron chi connectivity index (χ3n) is 2.88. The van der Waals surface area contributed by atoms with Crippen molar-refractivity contribution >= 4 is 10.0 Å². The maximum atomic E-state index is 12.2. The van der Waals surface area contributed by atoms with Gasteiger partial charge in [0.05, 0.1) is 23.1 Å². The first kappa shape index (κ1) is 14.6. The number of nitrogens with zero attached hydrogens (tertiary/aromatic N) is 2. The van der Waals surface area contributed by atoms with Crippen LogP contribution in [0.1, 0.15) is 18.1 Å². The fourth-order valence-corrected chi connectivity index (χ4v) is 2.88. The van der Waals surface area contributed by atoms with Crippen molar-refractivity contribution in [2.24, 2.45) is 0 Å². The SMILES string of the molecule is Cc1cc(S(=O)(=O)N(C)C(C)CO)ccc1C#N. The van der Waals surface area contributed by atoms with Crippen LogP contribution in [0.2, 0.25) is 0 Å². The van der Waals surface area contributed by atoms with E-state index in [9.17, 15) is 8.42 Å². The largest absolute Gasteiger partial charge is 0.395 e. The van der Waals surface area contributed by atoms with Crippen LogP contribution in [0.3, 0.4) is 0 Å². The summed E-state index contributed by atoms with van der Waals surface area (Å²) in [6.45, 7) is 3.06. The van der Waals surface area contributed by atoms with Crippen molar-refractivity contribution in [3.8, 4) is 6.07 Å². The van der Waals surface area contributed by atoms with Gasteiger partial charge in [-0.2, -0.15) is 9.57 Å². The molecule has 0 aliphatic heterocycles. The number of sulfonamides is 1. The smallest absolute Gasteiger partial charge is 0.243 e. The van der Waals surface area contributed by atoms with Crippen molar-refractivity contribution in [2.75, 3.05) is 13.7 Å². The fourth-order valence-electron chi connectivity index (χ4n) is 1.44. The summed E-state index contributed by atoms with van der Waals surface area (Å²) in [5.41, 5.74) is 1.07. The van der Waals surface area contributed by atoms with Crippen molar-refractivity contribution in [3.05, 3.63) is 29.3 Å². The molecule has 18 heavy (non-hydrogen) atoms. The monoisotopic (exact) mass is 268 g/mol. The van der Waals surface area contributed by atoms with E-state index in [4.69, 9.17) is 10.4 Å². The number of hydrogen-bond donors (Lipinski definition) is 1. The lowest BCUT2D eigenvalue weighted by Gasteiger charge is -2.22. The number of benzene rings is 1. The highest BCUT2D eigenvalue weighted by Crippen LogP contribution is 2.19. The second kappa shape index (κ2) is 5.48. The third-order valence-corrected chi connectivity index (χ3v) is 4.85. The predicted octanol–water partition coefficient (Wildman–Crippen LogP) is 0.868. The summed E-state index contributed by atoms with van der Waals surface area (Å²) in [5, 5.41) is 17.8. The van der Waals surface area contributed by atoms with Gasteiger partial charge in [0, 0.05) is 13.1 Å². The highest BCUT2D eigenvalue weighted by atomic mass is 32.2. The molecule has 0 saturated heterocycles. The van der Waals surface area contributed by atoms with Gasteiger partial charge in [0.25, 0.3) is 0 Å². The molecule has 98 valence electrons. The van der Waals surface area contributed by atoms with E-state index < -0.39 is 16.1 Å². The van der Waals surface area contributed by atoms with E-state index in [0.717, 1.165) is 4.31 Å². The molecule has 0 amide bonds. The minimum Gasteiger partial charge on any atom is -0.395 e. The number of likely N-dealkylation sites (N-methyl/N-ethyl adjacent to an activating group) is 1. The molecular formula is C12H16N2O3S. The van der Waals surface area contributed by atoms with Gasteiger partial charge in [-0.3, -0.25) is 0 Å². The van der Waals surface area contributed by atoms with E-state index in [2.05, 4.69) is 0 Å². The van der Waals surface area contributed by atoms with Crippen LogP contribution in [0.4, 0.5) is 0 Å². The zero-order chi connectivity index (χ0) is 13.9. The summed E-state index contributed by atoms with van der Waals surface area (Å²) < 4.78 is 25.6. The standard InChI is InChI=1S/C12H16N2O3S/c1-9-6-12(5-4-11(9)7-13)18(16,17)14(3)10(2)8-15/h4-6,10,15H,8H2,1-3H3. The van der Waals surface area contributed by atoms with E-state index >= 15 is 0 Å². The molecule has 0 saturated carbocycles. The number of aryl methyl sites for hydroxylation is 1. The van der Waals surface area contributed by atoms with Crippen LogP contribution in [0, 0.1) is 18.3 Å². The topological polar surface area (TPSA) is 81.4 Å². The normalized spacial score (nSPS) is 13.3. The first-order valence-corrected chi connectivity index (χ1v) is 6.88. The molecule has 5 nitrogen and oxygen atoms in total. The van der Waals surface area contributed by atoms with Gasteiger partial charge in [-0.15, -0.1) is 0 Å². The molecule has 1 unspecified atom stereocenters. The Morgan fingerprint density at radius 3 is 2.56 bits per heavy atom. The summed E-state index contributed by atoms with van der Waals surface area (Å²) in [6, 6.07) is 5.85. The van der Waals surface area contributed by atoms with Gasteiger partial charge in [0.1, 0.15) is 0 Å². The summed E-state index contributed by atoms with van der Waals surface area (Å²) in [5.74, 6) is 0. The average molecular weight is 268 g/mol. The van der Waals surface area contributed by atoms with Crippen LogP contribution >= 0.6 is 0 Å². The molecule has 0 spiro atoms. The molecule has 0 fully saturated rings. The van der Waals surface area contributed by atoms with Gasteiger partial charge < -0.3 is 5.11 Å². The van der Waals surface area contributed by atoms with E-state index in [1.54, 1.807) is 13.8 Å². The Bertz CT molecular complexity index is 575. The lowest BCUT2D eigenvalue weighted by molar-refractivity contribution is 0.214. The second-order valence-electron chi connectivity index (χ2n) is 4.14. The Balaban J connectivity index is 3.22. The molecule has 1 N–H and O–H groups in total. The lowest BCUT2D eigenvalue weighted by Crippen LogP contribution is -2.37. The summed E-state index contributed by atoms with van der Waals surface area (Å²) in [6.07, 6.45) is 0. The van der Waals surface area contributed by atoms with E-state index in [0.29, 0.717) is 11.1 Å². The van der Waals surface area contributed by atoms with Crippen LogP contribution in [0.5, 0.6) is 0 Å².